The smallest absolute Gasteiger partial charge is 0.338 e. The van der Waals surface area contributed by atoms with E-state index in [0.29, 0.717) is 6.26 Å². The van der Waals surface area contributed by atoms with E-state index >= 15 is 0 Å². The maximum absolute atomic E-state index is 11.1. The second-order valence-electron chi connectivity index (χ2n) is 2.83. The summed E-state index contributed by atoms with van der Waals surface area (Å²) in [5.41, 5.74) is -0.332. The molecule has 0 aliphatic rings. The number of esters is 1. The van der Waals surface area contributed by atoms with Gasteiger partial charge in [0.05, 0.1) is 6.42 Å². The van der Waals surface area contributed by atoms with Crippen molar-refractivity contribution in [3.63, 3.8) is 0 Å². The monoisotopic (exact) mass is 246 g/mol. The van der Waals surface area contributed by atoms with Crippen molar-refractivity contribution in [1.82, 2.24) is 0 Å². The van der Waals surface area contributed by atoms with Crippen LogP contribution in [0.15, 0.2) is 24.2 Å². The Morgan fingerprint density at radius 1 is 1.12 bits per heavy atom. The first kappa shape index (κ1) is 14.6. The number of hydrogen-bond donors (Lipinski definition) is 3. The first-order valence-corrected chi connectivity index (χ1v) is 4.19. The molecular weight excluding hydrogens is 236 g/mol. The average molecular weight is 246 g/mol. The second-order valence-corrected chi connectivity index (χ2v) is 2.83. The minimum absolute atomic E-state index is 0.332. The Labute approximate surface area is 95.3 Å². The number of rotatable bonds is 7. The Morgan fingerprint density at radius 3 is 2.06 bits per heavy atom. The molecule has 8 heteroatoms. The molecule has 17 heavy (non-hydrogen) atoms. The molecule has 0 bridgehead atoms. The SMILES string of the molecule is C=C(CC(=O)O)C(=O)OC=C(CC(=O)O)OO. The van der Waals surface area contributed by atoms with Crippen molar-refractivity contribution in [1.29, 1.82) is 0 Å². The second kappa shape index (κ2) is 7.01. The molecule has 0 aliphatic heterocycles. The van der Waals surface area contributed by atoms with Crippen LogP contribution in [0.1, 0.15) is 12.8 Å². The van der Waals surface area contributed by atoms with E-state index in [-0.39, 0.29) is 5.57 Å². The lowest BCUT2D eigenvalue weighted by molar-refractivity contribution is -0.209. The summed E-state index contributed by atoms with van der Waals surface area (Å²) in [7, 11) is 0. The molecule has 0 saturated heterocycles. The van der Waals surface area contributed by atoms with Crippen LogP contribution in [0.3, 0.4) is 0 Å². The van der Waals surface area contributed by atoms with Crippen LogP contribution in [0, 0.1) is 0 Å². The van der Waals surface area contributed by atoms with Gasteiger partial charge in [0.25, 0.3) is 0 Å². The Hall–Kier alpha value is -2.35. The van der Waals surface area contributed by atoms with E-state index in [1.54, 1.807) is 0 Å². The number of carboxylic acids is 2. The van der Waals surface area contributed by atoms with Crippen LogP contribution >= 0.6 is 0 Å². The average Bonchev–Trinajstić information content (AvgIpc) is 2.22. The van der Waals surface area contributed by atoms with Crippen molar-refractivity contribution in [2.24, 2.45) is 0 Å². The normalized spacial score (nSPS) is 10.5. The maximum Gasteiger partial charge on any atom is 0.338 e. The molecule has 0 heterocycles. The molecule has 0 aromatic carbocycles. The number of hydrogen-bond acceptors (Lipinski definition) is 6. The zero-order chi connectivity index (χ0) is 13.4. The third-order valence-corrected chi connectivity index (χ3v) is 1.39. The van der Waals surface area contributed by atoms with Crippen LogP contribution < -0.4 is 0 Å². The Kier molecular flexibility index (Phi) is 6.04. The molecule has 0 aliphatic carbocycles. The highest BCUT2D eigenvalue weighted by molar-refractivity contribution is 5.93. The molecule has 94 valence electrons. The highest BCUT2D eigenvalue weighted by atomic mass is 17.1. The highest BCUT2D eigenvalue weighted by Crippen LogP contribution is 2.06. The molecule has 0 aromatic heterocycles. The molecule has 0 radical (unpaired) electrons. The Bertz CT molecular complexity index is 367. The lowest BCUT2D eigenvalue weighted by Crippen LogP contribution is -2.09. The Morgan fingerprint density at radius 2 is 1.65 bits per heavy atom. The van der Waals surface area contributed by atoms with Crippen LogP contribution in [0.25, 0.3) is 0 Å². The molecule has 0 amide bonds. The van der Waals surface area contributed by atoms with Gasteiger partial charge in [-0.15, -0.1) is 0 Å². The lowest BCUT2D eigenvalue weighted by atomic mass is 10.2. The maximum atomic E-state index is 11.1. The molecule has 0 atom stereocenters. The zero-order valence-electron chi connectivity index (χ0n) is 8.58. The van der Waals surface area contributed by atoms with Gasteiger partial charge in [-0.05, 0) is 0 Å². The fraction of sp³-hybridized carbons (Fsp3) is 0.222. The third-order valence-electron chi connectivity index (χ3n) is 1.39. The topological polar surface area (TPSA) is 130 Å². The van der Waals surface area contributed by atoms with Gasteiger partial charge in [0.15, 0.2) is 5.76 Å². The largest absolute Gasteiger partial charge is 0.481 e. The van der Waals surface area contributed by atoms with E-state index in [1.165, 1.54) is 0 Å². The van der Waals surface area contributed by atoms with Gasteiger partial charge in [-0.25, -0.2) is 10.1 Å². The molecule has 3 N–H and O–H groups in total. The summed E-state index contributed by atoms with van der Waals surface area (Å²) in [4.78, 5) is 35.2. The summed E-state index contributed by atoms with van der Waals surface area (Å²) in [6, 6.07) is 0. The Balaban J connectivity index is 4.37. The zero-order valence-corrected chi connectivity index (χ0v) is 8.58. The van der Waals surface area contributed by atoms with Crippen LogP contribution in [0.5, 0.6) is 0 Å². The van der Waals surface area contributed by atoms with Gasteiger partial charge in [0.2, 0.25) is 0 Å². The summed E-state index contributed by atoms with van der Waals surface area (Å²) in [5, 5.41) is 24.9. The van der Waals surface area contributed by atoms with Crippen LogP contribution in [0.4, 0.5) is 0 Å². The molecule has 0 spiro atoms. The van der Waals surface area contributed by atoms with Crippen LogP contribution in [-0.4, -0.2) is 33.4 Å². The van der Waals surface area contributed by atoms with Gasteiger partial charge in [0, 0.05) is 5.57 Å². The molecule has 0 rings (SSSR count). The number of carboxylic acid groups (broad SMARTS) is 2. The fourth-order valence-electron chi connectivity index (χ4n) is 0.702. The van der Waals surface area contributed by atoms with Crippen molar-refractivity contribution >= 4 is 17.9 Å². The molecule has 0 unspecified atom stereocenters. The van der Waals surface area contributed by atoms with Crippen molar-refractivity contribution in [3.8, 4) is 0 Å². The summed E-state index contributed by atoms with van der Waals surface area (Å²) >= 11 is 0. The van der Waals surface area contributed by atoms with Gasteiger partial charge >= 0.3 is 17.9 Å². The fourth-order valence-corrected chi connectivity index (χ4v) is 0.702. The van der Waals surface area contributed by atoms with Gasteiger partial charge in [-0.3, -0.25) is 9.59 Å². The molecule has 8 nitrogen and oxygen atoms in total. The first-order valence-electron chi connectivity index (χ1n) is 4.19. The summed E-state index contributed by atoms with van der Waals surface area (Å²) in [6.07, 6.45) is -0.750. The van der Waals surface area contributed by atoms with E-state index in [4.69, 9.17) is 15.5 Å². The van der Waals surface area contributed by atoms with Crippen molar-refractivity contribution < 1.29 is 39.5 Å². The van der Waals surface area contributed by atoms with Gasteiger partial charge in [0.1, 0.15) is 12.7 Å². The summed E-state index contributed by atoms with van der Waals surface area (Å²) in [6.45, 7) is 3.16. The third kappa shape index (κ3) is 6.68. The predicted molar refractivity (Wildman–Crippen MR) is 51.5 cm³/mol. The van der Waals surface area contributed by atoms with Gasteiger partial charge in [-0.2, -0.15) is 0 Å². The summed E-state index contributed by atoms with van der Waals surface area (Å²) < 4.78 is 4.35. The molecule has 0 aromatic rings. The highest BCUT2D eigenvalue weighted by Gasteiger charge is 2.13. The number of carbonyl (C=O) groups excluding carboxylic acids is 1. The van der Waals surface area contributed by atoms with Crippen molar-refractivity contribution in [2.75, 3.05) is 0 Å². The lowest BCUT2D eigenvalue weighted by Gasteiger charge is -2.02. The molecular formula is C9H10O8. The van der Waals surface area contributed by atoms with Crippen LogP contribution in [-0.2, 0) is 24.0 Å². The van der Waals surface area contributed by atoms with E-state index < -0.39 is 36.5 Å². The standard InChI is InChI=1S/C9H10O8/c1-5(2-7(10)11)9(14)16-4-6(17-15)3-8(12)13/h4,15H,1-3H2,(H,10,11)(H,12,13). The number of carbonyl (C=O) groups is 3. The number of ether oxygens (including phenoxy) is 1. The van der Waals surface area contributed by atoms with E-state index in [0.717, 1.165) is 0 Å². The van der Waals surface area contributed by atoms with Crippen molar-refractivity contribution in [2.45, 2.75) is 12.8 Å². The van der Waals surface area contributed by atoms with E-state index in [9.17, 15) is 14.4 Å². The molecule has 0 fully saturated rings. The minimum atomic E-state index is -1.31. The van der Waals surface area contributed by atoms with Crippen molar-refractivity contribution in [3.05, 3.63) is 24.2 Å². The van der Waals surface area contributed by atoms with Gasteiger partial charge in [-0.1, -0.05) is 6.58 Å². The summed E-state index contributed by atoms with van der Waals surface area (Å²) in [5.74, 6) is -4.16. The number of aliphatic carboxylic acids is 2. The van der Waals surface area contributed by atoms with Gasteiger partial charge < -0.3 is 19.8 Å². The minimum Gasteiger partial charge on any atom is -0.481 e. The van der Waals surface area contributed by atoms with E-state index in [2.05, 4.69) is 16.2 Å². The predicted octanol–water partition coefficient (Wildman–Crippen LogP) is 0.366. The van der Waals surface area contributed by atoms with E-state index in [1.807, 2.05) is 0 Å². The van der Waals surface area contributed by atoms with Crippen LogP contribution in [0.2, 0.25) is 0 Å². The first-order chi connectivity index (χ1) is 7.86. The molecule has 0 saturated carbocycles. The quantitative estimate of drug-likeness (QED) is 0.193.